The molecule has 2 aliphatic rings. The molecule has 0 unspecified atom stereocenters. The number of likely N-dealkylation sites (tertiary alicyclic amines) is 1. The quantitative estimate of drug-likeness (QED) is 0.364. The first-order valence-corrected chi connectivity index (χ1v) is 14.9. The maximum absolute atomic E-state index is 14.0. The number of nitrogens with one attached hydrogen (secondary N) is 2. The Morgan fingerprint density at radius 3 is 2.36 bits per heavy atom. The van der Waals surface area contributed by atoms with Gasteiger partial charge in [-0.15, -0.1) is 0 Å². The Kier molecular flexibility index (Phi) is 8.94. The second-order valence-corrected chi connectivity index (χ2v) is 11.8. The molecule has 10 heteroatoms. The molecule has 4 amide bonds. The average molecular weight is 609 g/mol. The maximum atomic E-state index is 14.0. The Hall–Kier alpha value is -3.75. The van der Waals surface area contributed by atoms with E-state index in [4.69, 9.17) is 23.2 Å². The number of hydrogen-bond donors (Lipinski definition) is 2. The smallest absolute Gasteiger partial charge is 0.321 e. The zero-order chi connectivity index (χ0) is 29.9. The number of amides is 4. The van der Waals surface area contributed by atoms with Crippen molar-refractivity contribution >= 4 is 52.4 Å². The van der Waals surface area contributed by atoms with Crippen molar-refractivity contribution in [2.24, 2.45) is 0 Å². The molecule has 0 aromatic heterocycles. The molecular weight excluding hydrogens is 573 g/mol. The van der Waals surface area contributed by atoms with Gasteiger partial charge in [-0.05, 0) is 86.2 Å². The van der Waals surface area contributed by atoms with Crippen molar-refractivity contribution in [3.8, 4) is 0 Å². The number of piperidine rings is 1. The normalized spacial score (nSPS) is 16.2. The molecule has 0 radical (unpaired) electrons. The molecule has 0 aliphatic carbocycles. The molecule has 2 fully saturated rings. The van der Waals surface area contributed by atoms with Gasteiger partial charge in [-0.3, -0.25) is 9.59 Å². The number of halogens is 2. The molecule has 2 aliphatic heterocycles. The number of rotatable bonds is 7. The Labute approximate surface area is 256 Å². The van der Waals surface area contributed by atoms with Gasteiger partial charge >= 0.3 is 6.03 Å². The minimum absolute atomic E-state index is 0.0464. The molecule has 42 heavy (non-hydrogen) atoms. The molecule has 3 aromatic carbocycles. The van der Waals surface area contributed by atoms with E-state index in [0.717, 1.165) is 28.1 Å². The number of anilines is 2. The highest BCUT2D eigenvalue weighted by Crippen LogP contribution is 2.39. The summed E-state index contributed by atoms with van der Waals surface area (Å²) in [5.74, 6) is -0.319. The highest BCUT2D eigenvalue weighted by molar-refractivity contribution is 6.35. The third kappa shape index (κ3) is 6.35. The van der Waals surface area contributed by atoms with E-state index in [0.29, 0.717) is 55.6 Å². The average Bonchev–Trinajstić information content (AvgIpc) is 3.23. The molecular formula is C32H35Cl2N5O3. The van der Waals surface area contributed by atoms with Crippen LogP contribution in [0.3, 0.4) is 0 Å². The number of urea groups is 1. The van der Waals surface area contributed by atoms with E-state index in [1.807, 2.05) is 68.4 Å². The number of carbonyl (C=O) groups is 3. The van der Waals surface area contributed by atoms with Gasteiger partial charge in [-0.25, -0.2) is 4.79 Å². The summed E-state index contributed by atoms with van der Waals surface area (Å²) in [6, 6.07) is 20.7. The van der Waals surface area contributed by atoms with Crippen LogP contribution in [0.25, 0.3) is 0 Å². The van der Waals surface area contributed by atoms with Crippen LogP contribution >= 0.6 is 23.2 Å². The number of carbonyl (C=O) groups excluding carboxylic acids is 3. The van der Waals surface area contributed by atoms with Gasteiger partial charge in [0.15, 0.2) is 0 Å². The van der Waals surface area contributed by atoms with E-state index in [1.54, 1.807) is 21.9 Å². The van der Waals surface area contributed by atoms with Crippen LogP contribution < -0.4 is 15.5 Å². The summed E-state index contributed by atoms with van der Waals surface area (Å²) in [5.41, 5.74) is 4.01. The van der Waals surface area contributed by atoms with Crippen LogP contribution in [0.1, 0.15) is 29.5 Å². The first kappa shape index (κ1) is 29.7. The van der Waals surface area contributed by atoms with Gasteiger partial charge in [-0.2, -0.15) is 0 Å². The number of para-hydroxylation sites is 1. The van der Waals surface area contributed by atoms with E-state index >= 15 is 0 Å². The monoisotopic (exact) mass is 607 g/mol. The Morgan fingerprint density at radius 1 is 0.929 bits per heavy atom. The van der Waals surface area contributed by atoms with Gasteiger partial charge in [0.2, 0.25) is 5.91 Å². The van der Waals surface area contributed by atoms with Gasteiger partial charge in [0.25, 0.3) is 5.91 Å². The molecule has 3 aromatic rings. The van der Waals surface area contributed by atoms with E-state index in [1.165, 1.54) is 0 Å². The molecule has 0 saturated carbocycles. The Bertz CT molecular complexity index is 1470. The van der Waals surface area contributed by atoms with Crippen LogP contribution in [0.5, 0.6) is 0 Å². The van der Waals surface area contributed by atoms with Crippen molar-refractivity contribution in [1.82, 2.24) is 15.1 Å². The van der Waals surface area contributed by atoms with Gasteiger partial charge in [-0.1, -0.05) is 53.5 Å². The van der Waals surface area contributed by atoms with Crippen molar-refractivity contribution in [2.75, 3.05) is 43.1 Å². The fourth-order valence-electron chi connectivity index (χ4n) is 5.71. The first-order chi connectivity index (χ1) is 20.2. The van der Waals surface area contributed by atoms with Crippen molar-refractivity contribution in [3.05, 3.63) is 93.5 Å². The zero-order valence-electron chi connectivity index (χ0n) is 23.8. The highest BCUT2D eigenvalue weighted by atomic mass is 35.5. The summed E-state index contributed by atoms with van der Waals surface area (Å²) < 4.78 is 0. The molecule has 0 bridgehead atoms. The number of benzene rings is 3. The maximum Gasteiger partial charge on any atom is 0.321 e. The summed E-state index contributed by atoms with van der Waals surface area (Å²) in [7, 11) is 0. The van der Waals surface area contributed by atoms with Gasteiger partial charge in [0.05, 0.1) is 6.67 Å². The molecule has 220 valence electrons. The standard InChI is InChI=1S/C32H35Cl2N5O3/c1-22-8-11-26(18-23(22)2)36-31(42)37-16-13-32(14-17-37)30(41)38(21-39(32)27-6-4-3-5-7-27)20-29(40)35-15-12-24-9-10-25(33)19-28(24)34/h3-11,18-19H,12-17,20-21H2,1-2H3,(H,35,40)(H,36,42). The fraction of sp³-hybridized carbons (Fsp3) is 0.344. The third-order valence-corrected chi connectivity index (χ3v) is 8.87. The topological polar surface area (TPSA) is 85.0 Å². The SMILES string of the molecule is Cc1ccc(NC(=O)N2CCC3(CC2)C(=O)N(CC(=O)NCCc2ccc(Cl)cc2Cl)CN3c2ccccc2)cc1C. The van der Waals surface area contributed by atoms with Crippen LogP contribution in [0, 0.1) is 13.8 Å². The molecule has 2 N–H and O–H groups in total. The lowest BCUT2D eigenvalue weighted by atomic mass is 9.85. The van der Waals surface area contributed by atoms with Crippen molar-refractivity contribution < 1.29 is 14.4 Å². The van der Waals surface area contributed by atoms with Crippen molar-refractivity contribution in [3.63, 3.8) is 0 Å². The second kappa shape index (κ2) is 12.6. The lowest BCUT2D eigenvalue weighted by molar-refractivity contribution is -0.137. The van der Waals surface area contributed by atoms with Crippen molar-refractivity contribution in [1.29, 1.82) is 0 Å². The predicted octanol–water partition coefficient (Wildman–Crippen LogP) is 5.64. The van der Waals surface area contributed by atoms with Crippen LogP contribution in [0.4, 0.5) is 16.2 Å². The zero-order valence-corrected chi connectivity index (χ0v) is 25.3. The van der Waals surface area contributed by atoms with E-state index in [-0.39, 0.29) is 24.4 Å². The largest absolute Gasteiger partial charge is 0.354 e. The van der Waals surface area contributed by atoms with Crippen LogP contribution in [0.15, 0.2) is 66.7 Å². The van der Waals surface area contributed by atoms with Crippen LogP contribution in [-0.4, -0.2) is 66.0 Å². The molecule has 2 saturated heterocycles. The van der Waals surface area contributed by atoms with E-state index in [2.05, 4.69) is 15.5 Å². The van der Waals surface area contributed by atoms with Gasteiger partial charge < -0.3 is 25.3 Å². The summed E-state index contributed by atoms with van der Waals surface area (Å²) in [6.45, 7) is 5.54. The highest BCUT2D eigenvalue weighted by Gasteiger charge is 2.54. The number of aryl methyl sites for hydroxylation is 2. The molecule has 1 spiro atoms. The Morgan fingerprint density at radius 2 is 1.67 bits per heavy atom. The summed E-state index contributed by atoms with van der Waals surface area (Å²) >= 11 is 12.2. The van der Waals surface area contributed by atoms with Crippen molar-refractivity contribution in [2.45, 2.75) is 38.6 Å². The predicted molar refractivity (Wildman–Crippen MR) is 167 cm³/mol. The van der Waals surface area contributed by atoms with Crippen LogP contribution in [0.2, 0.25) is 10.0 Å². The minimum atomic E-state index is -0.824. The lowest BCUT2D eigenvalue weighted by Crippen LogP contribution is -2.58. The van der Waals surface area contributed by atoms with Gasteiger partial charge in [0, 0.05) is 41.1 Å². The third-order valence-electron chi connectivity index (χ3n) is 8.28. The number of nitrogens with zero attached hydrogens (tertiary/aromatic N) is 3. The van der Waals surface area contributed by atoms with E-state index < -0.39 is 5.54 Å². The minimum Gasteiger partial charge on any atom is -0.354 e. The summed E-state index contributed by atoms with van der Waals surface area (Å²) in [5, 5.41) is 7.03. The molecule has 0 atom stereocenters. The molecule has 2 heterocycles. The summed E-state index contributed by atoms with van der Waals surface area (Å²) in [6.07, 6.45) is 1.48. The number of hydrogen-bond acceptors (Lipinski definition) is 4. The first-order valence-electron chi connectivity index (χ1n) is 14.1. The van der Waals surface area contributed by atoms with Crippen LogP contribution in [-0.2, 0) is 16.0 Å². The summed E-state index contributed by atoms with van der Waals surface area (Å²) in [4.78, 5) is 45.4. The molecule has 8 nitrogen and oxygen atoms in total. The Balaban J connectivity index is 1.23. The lowest BCUT2D eigenvalue weighted by Gasteiger charge is -2.43. The van der Waals surface area contributed by atoms with E-state index in [9.17, 15) is 14.4 Å². The molecule has 5 rings (SSSR count). The second-order valence-electron chi connectivity index (χ2n) is 11.0. The fourth-order valence-corrected chi connectivity index (χ4v) is 6.22. The van der Waals surface area contributed by atoms with Gasteiger partial charge in [0.1, 0.15) is 12.1 Å².